The lowest BCUT2D eigenvalue weighted by Gasteiger charge is -2.36. The van der Waals surface area contributed by atoms with Crippen molar-refractivity contribution in [3.05, 3.63) is 71.6 Å². The van der Waals surface area contributed by atoms with Gasteiger partial charge >= 0.3 is 0 Å². The summed E-state index contributed by atoms with van der Waals surface area (Å²) < 4.78 is 5.21. The fraction of sp³-hybridized carbons (Fsp3) is 0.333. The number of ether oxygens (including phenoxy) is 1. The van der Waals surface area contributed by atoms with Gasteiger partial charge in [0, 0.05) is 24.2 Å². The average molecular weight is 465 g/mol. The number of rotatable bonds is 5. The molecule has 3 aliphatic heterocycles. The minimum atomic E-state index is -0.0839. The molecule has 0 radical (unpaired) electrons. The first-order valence-electron chi connectivity index (χ1n) is 11.0. The molecule has 0 aromatic heterocycles. The molecule has 0 bridgehead atoms. The first-order chi connectivity index (χ1) is 16.0. The van der Waals surface area contributed by atoms with Gasteiger partial charge in [0.25, 0.3) is 0 Å². The number of hydrogen-bond acceptors (Lipinski definition) is 8. The number of amidine groups is 1. The number of hydrogen-bond donors (Lipinski definition) is 3. The predicted octanol–water partition coefficient (Wildman–Crippen LogP) is 3.29. The molecule has 8 nitrogen and oxygen atoms in total. The first-order valence-corrected chi connectivity index (χ1v) is 12.0. The number of hydrazine groups is 1. The Hall–Kier alpha value is -3.17. The Kier molecular flexibility index (Phi) is 5.90. The molecular formula is C24H28N6O2S. The van der Waals surface area contributed by atoms with E-state index in [0.29, 0.717) is 11.4 Å². The van der Waals surface area contributed by atoms with Crippen LogP contribution in [0.25, 0.3) is 0 Å². The second-order valence-electron chi connectivity index (χ2n) is 8.48. The van der Waals surface area contributed by atoms with E-state index in [1.165, 1.54) is 28.5 Å². The third-order valence-electron chi connectivity index (χ3n) is 6.32. The van der Waals surface area contributed by atoms with E-state index in [9.17, 15) is 4.79 Å². The molecule has 2 aromatic rings. The highest BCUT2D eigenvalue weighted by Crippen LogP contribution is 2.35. The zero-order valence-electron chi connectivity index (χ0n) is 18.9. The SMILES string of the molecule is COc1cccc(NC(=O)CSC2=NNC3C4CC(c5ccc(C)c(C)c5)NN4C=CN23)c1. The Morgan fingerprint density at radius 1 is 1.21 bits per heavy atom. The molecule has 5 rings (SSSR count). The summed E-state index contributed by atoms with van der Waals surface area (Å²) >= 11 is 1.42. The van der Waals surface area contributed by atoms with Crippen molar-refractivity contribution in [3.63, 3.8) is 0 Å². The van der Waals surface area contributed by atoms with E-state index in [0.717, 1.165) is 11.6 Å². The molecule has 33 heavy (non-hydrogen) atoms. The summed E-state index contributed by atoms with van der Waals surface area (Å²) in [6, 6.07) is 14.5. The van der Waals surface area contributed by atoms with Gasteiger partial charge in [-0.3, -0.25) is 10.2 Å². The fourth-order valence-electron chi connectivity index (χ4n) is 4.38. The largest absolute Gasteiger partial charge is 0.497 e. The van der Waals surface area contributed by atoms with Crippen LogP contribution in [0, 0.1) is 13.8 Å². The van der Waals surface area contributed by atoms with E-state index in [1.54, 1.807) is 13.2 Å². The Labute approximate surface area is 198 Å². The maximum absolute atomic E-state index is 12.5. The second kappa shape index (κ2) is 8.99. The molecule has 2 aromatic carbocycles. The summed E-state index contributed by atoms with van der Waals surface area (Å²) in [6.45, 7) is 4.30. The number of carbonyl (C=O) groups excluding carboxylic acids is 1. The van der Waals surface area contributed by atoms with Crippen LogP contribution in [-0.4, -0.2) is 46.1 Å². The number of aryl methyl sites for hydroxylation is 2. The number of hydrazone groups is 1. The number of benzene rings is 2. The maximum Gasteiger partial charge on any atom is 0.234 e. The summed E-state index contributed by atoms with van der Waals surface area (Å²) in [5.41, 5.74) is 11.5. The molecule has 3 atom stereocenters. The molecule has 1 saturated heterocycles. The van der Waals surface area contributed by atoms with Crippen molar-refractivity contribution in [2.75, 3.05) is 18.2 Å². The van der Waals surface area contributed by atoms with Gasteiger partial charge in [-0.25, -0.2) is 5.43 Å². The van der Waals surface area contributed by atoms with Crippen LogP contribution in [-0.2, 0) is 4.79 Å². The van der Waals surface area contributed by atoms with Gasteiger partial charge in [-0.15, -0.1) is 0 Å². The van der Waals surface area contributed by atoms with Gasteiger partial charge in [-0.1, -0.05) is 36.0 Å². The van der Waals surface area contributed by atoms with E-state index in [-0.39, 0.29) is 29.9 Å². The zero-order chi connectivity index (χ0) is 22.9. The Balaban J connectivity index is 1.18. The van der Waals surface area contributed by atoms with E-state index < -0.39 is 0 Å². The number of fused-ring (bicyclic) bond motifs is 3. The number of anilines is 1. The van der Waals surface area contributed by atoms with Crippen LogP contribution in [0.4, 0.5) is 5.69 Å². The number of thioether (sulfide) groups is 1. The minimum Gasteiger partial charge on any atom is -0.497 e. The van der Waals surface area contributed by atoms with Gasteiger partial charge in [-0.05, 0) is 49.1 Å². The third-order valence-corrected chi connectivity index (χ3v) is 7.29. The molecular weight excluding hydrogens is 436 g/mol. The van der Waals surface area contributed by atoms with Crippen LogP contribution in [0.15, 0.2) is 60.0 Å². The van der Waals surface area contributed by atoms with Crippen molar-refractivity contribution >= 4 is 28.5 Å². The smallest absolute Gasteiger partial charge is 0.234 e. The molecule has 3 heterocycles. The Bertz CT molecular complexity index is 1120. The summed E-state index contributed by atoms with van der Waals surface area (Å²) in [4.78, 5) is 14.6. The summed E-state index contributed by atoms with van der Waals surface area (Å²) in [5, 5.41) is 10.4. The van der Waals surface area contributed by atoms with Gasteiger partial charge in [0.05, 0.1) is 24.9 Å². The van der Waals surface area contributed by atoms with Crippen molar-refractivity contribution in [1.82, 2.24) is 20.8 Å². The van der Waals surface area contributed by atoms with Gasteiger partial charge < -0.3 is 20.0 Å². The van der Waals surface area contributed by atoms with Crippen LogP contribution in [0.1, 0.15) is 29.2 Å². The maximum atomic E-state index is 12.5. The molecule has 1 amide bonds. The average Bonchev–Trinajstić information content (AvgIpc) is 3.43. The lowest BCUT2D eigenvalue weighted by molar-refractivity contribution is -0.113. The van der Waals surface area contributed by atoms with Gasteiger partial charge in [0.1, 0.15) is 11.9 Å². The third kappa shape index (κ3) is 4.38. The van der Waals surface area contributed by atoms with Crippen molar-refractivity contribution in [1.29, 1.82) is 0 Å². The Morgan fingerprint density at radius 3 is 2.91 bits per heavy atom. The Morgan fingerprint density at radius 2 is 2.09 bits per heavy atom. The van der Waals surface area contributed by atoms with Crippen LogP contribution >= 0.6 is 11.8 Å². The number of methoxy groups -OCH3 is 1. The number of amides is 1. The summed E-state index contributed by atoms with van der Waals surface area (Å²) in [5.74, 6) is 0.895. The quantitative estimate of drug-likeness (QED) is 0.627. The first kappa shape index (κ1) is 21.7. The summed E-state index contributed by atoms with van der Waals surface area (Å²) in [7, 11) is 1.61. The number of nitrogens with zero attached hydrogens (tertiary/aromatic N) is 3. The topological polar surface area (TPSA) is 81.2 Å². The van der Waals surface area contributed by atoms with Crippen LogP contribution in [0.5, 0.6) is 5.75 Å². The lowest BCUT2D eigenvalue weighted by Crippen LogP contribution is -2.54. The monoisotopic (exact) mass is 464 g/mol. The zero-order valence-corrected chi connectivity index (χ0v) is 19.7. The van der Waals surface area contributed by atoms with Crippen molar-refractivity contribution in [2.45, 2.75) is 38.5 Å². The van der Waals surface area contributed by atoms with E-state index in [2.05, 4.69) is 69.4 Å². The molecule has 0 spiro atoms. The second-order valence-corrected chi connectivity index (χ2v) is 9.42. The van der Waals surface area contributed by atoms with Gasteiger partial charge in [0.2, 0.25) is 5.91 Å². The highest BCUT2D eigenvalue weighted by atomic mass is 32.2. The van der Waals surface area contributed by atoms with Crippen LogP contribution in [0.3, 0.4) is 0 Å². The number of carbonyl (C=O) groups is 1. The van der Waals surface area contributed by atoms with E-state index >= 15 is 0 Å². The molecule has 0 aliphatic carbocycles. The normalized spacial score (nSPS) is 23.0. The molecule has 172 valence electrons. The van der Waals surface area contributed by atoms with Gasteiger partial charge in [0.15, 0.2) is 5.17 Å². The predicted molar refractivity (Wildman–Crippen MR) is 131 cm³/mol. The molecule has 3 N–H and O–H groups in total. The standard InChI is InChI=1S/C24H28N6O2S/c1-15-7-8-17(11-16(15)2)20-13-21-23-26-27-24(29(23)9-10-30(21)28-20)33-14-22(31)25-18-5-4-6-19(12-18)32-3/h4-12,20-21,23,26,28H,13-14H2,1-3H3,(H,25,31). The van der Waals surface area contributed by atoms with Crippen molar-refractivity contribution in [3.8, 4) is 5.75 Å². The van der Waals surface area contributed by atoms with E-state index in [4.69, 9.17) is 4.74 Å². The molecule has 3 unspecified atom stereocenters. The van der Waals surface area contributed by atoms with Crippen LogP contribution in [0.2, 0.25) is 0 Å². The molecule has 9 heteroatoms. The van der Waals surface area contributed by atoms with Gasteiger partial charge in [-0.2, -0.15) is 5.10 Å². The molecule has 3 aliphatic rings. The van der Waals surface area contributed by atoms with Crippen LogP contribution < -0.4 is 20.9 Å². The fourth-order valence-corrected chi connectivity index (χ4v) is 5.15. The lowest BCUT2D eigenvalue weighted by atomic mass is 9.97. The molecule has 1 fully saturated rings. The molecule has 0 saturated carbocycles. The summed E-state index contributed by atoms with van der Waals surface area (Å²) in [6.07, 6.45) is 5.07. The minimum absolute atomic E-state index is 0.0305. The van der Waals surface area contributed by atoms with Crippen molar-refractivity contribution < 1.29 is 9.53 Å². The highest BCUT2D eigenvalue weighted by Gasteiger charge is 2.44. The van der Waals surface area contributed by atoms with Crippen molar-refractivity contribution in [2.24, 2.45) is 5.10 Å². The highest BCUT2D eigenvalue weighted by molar-refractivity contribution is 8.14. The number of nitrogens with one attached hydrogen (secondary N) is 3. The van der Waals surface area contributed by atoms with E-state index in [1.807, 2.05) is 24.4 Å².